The van der Waals surface area contributed by atoms with Gasteiger partial charge in [-0.2, -0.15) is 0 Å². The Morgan fingerprint density at radius 2 is 1.67 bits per heavy atom. The third kappa shape index (κ3) is 6.90. The first-order valence-electron chi connectivity index (χ1n) is 16.5. The molecule has 9 nitrogen and oxygen atoms in total. The summed E-state index contributed by atoms with van der Waals surface area (Å²) in [4.78, 5) is 37.4. The summed E-state index contributed by atoms with van der Waals surface area (Å²) in [6, 6.07) is 17.1. The van der Waals surface area contributed by atoms with Crippen molar-refractivity contribution in [2.45, 2.75) is 52.0 Å². The molecule has 1 atom stereocenters. The molecule has 4 aromatic rings. The van der Waals surface area contributed by atoms with E-state index in [0.717, 1.165) is 66.4 Å². The highest BCUT2D eigenvalue weighted by atomic mass is 16.5. The van der Waals surface area contributed by atoms with Crippen molar-refractivity contribution >= 4 is 40.6 Å². The van der Waals surface area contributed by atoms with E-state index in [-0.39, 0.29) is 17.7 Å². The van der Waals surface area contributed by atoms with Crippen LogP contribution in [0.1, 0.15) is 69.6 Å². The topological polar surface area (TPSA) is 99.6 Å². The fourth-order valence-electron chi connectivity index (χ4n) is 6.42. The summed E-state index contributed by atoms with van der Waals surface area (Å²) >= 11 is 0. The molecule has 0 aliphatic carbocycles. The third-order valence-electron chi connectivity index (χ3n) is 8.96. The van der Waals surface area contributed by atoms with Crippen molar-refractivity contribution in [3.05, 3.63) is 88.6 Å². The van der Waals surface area contributed by atoms with Crippen LogP contribution in [0.25, 0.3) is 17.0 Å². The first-order valence-corrected chi connectivity index (χ1v) is 16.5. The second-order valence-corrected chi connectivity index (χ2v) is 12.1. The molecule has 6 rings (SSSR count). The van der Waals surface area contributed by atoms with Crippen LogP contribution in [0.5, 0.6) is 23.0 Å². The molecule has 1 saturated heterocycles. The number of carbonyl (C=O) groups is 2. The van der Waals surface area contributed by atoms with Gasteiger partial charge in [-0.1, -0.05) is 30.3 Å². The molecule has 1 aromatic heterocycles. The largest absolute Gasteiger partial charge is 0.493 e. The SMILES string of the molecule is COc1cc(/C=C/C(=O)c2c(C)nc3ccccc3c2C)ccc1OCCCCCOc1cc2c(cc1OC)C(=O)N1CCC[C@H]1C=N2. The van der Waals surface area contributed by atoms with Crippen LogP contribution in [0.3, 0.4) is 0 Å². The van der Waals surface area contributed by atoms with Crippen molar-refractivity contribution in [3.8, 4) is 23.0 Å². The second-order valence-electron chi connectivity index (χ2n) is 12.1. The van der Waals surface area contributed by atoms with Gasteiger partial charge in [0, 0.05) is 35.5 Å². The molecule has 3 aromatic carbocycles. The minimum absolute atomic E-state index is 0.00687. The molecule has 0 saturated carbocycles. The van der Waals surface area contributed by atoms with E-state index in [4.69, 9.17) is 18.9 Å². The van der Waals surface area contributed by atoms with E-state index in [1.54, 1.807) is 38.5 Å². The number of pyridine rings is 1. The molecule has 248 valence electrons. The fourth-order valence-corrected chi connectivity index (χ4v) is 6.42. The van der Waals surface area contributed by atoms with Crippen molar-refractivity contribution in [1.82, 2.24) is 9.88 Å². The molecule has 3 heterocycles. The maximum Gasteiger partial charge on any atom is 0.256 e. The van der Waals surface area contributed by atoms with Gasteiger partial charge in [-0.15, -0.1) is 0 Å². The molecule has 1 amide bonds. The number of allylic oxidation sites excluding steroid dienone is 1. The number of para-hydroxylation sites is 1. The number of hydrogen-bond acceptors (Lipinski definition) is 8. The Hall–Kier alpha value is -5.18. The van der Waals surface area contributed by atoms with Crippen LogP contribution in [0.4, 0.5) is 5.69 Å². The highest BCUT2D eigenvalue weighted by molar-refractivity contribution is 6.10. The Bertz CT molecular complexity index is 1900. The molecule has 0 unspecified atom stereocenters. The van der Waals surface area contributed by atoms with Crippen LogP contribution >= 0.6 is 0 Å². The van der Waals surface area contributed by atoms with E-state index in [0.29, 0.717) is 53.0 Å². The van der Waals surface area contributed by atoms with Crippen LogP contribution in [-0.4, -0.2) is 67.8 Å². The lowest BCUT2D eigenvalue weighted by atomic mass is 9.98. The lowest BCUT2D eigenvalue weighted by Crippen LogP contribution is -2.35. The van der Waals surface area contributed by atoms with Gasteiger partial charge in [-0.3, -0.25) is 19.6 Å². The standard InChI is InChI=1S/C39H41N3O6/c1-25-29-12-6-7-13-31(29)41-26(2)38(25)33(43)16-14-27-15-17-34(35(21-27)45-3)47-19-8-5-9-20-48-37-23-32-30(22-36(37)46-4)39(44)42-18-10-11-28(42)24-40-32/h6-7,12-17,21-24,28H,5,8-11,18-20H2,1-4H3/b16-14+/t28-/m0/s1. The van der Waals surface area contributed by atoms with Crippen molar-refractivity contribution in [2.24, 2.45) is 4.99 Å². The van der Waals surface area contributed by atoms with Crippen molar-refractivity contribution < 1.29 is 28.5 Å². The highest BCUT2D eigenvalue weighted by Crippen LogP contribution is 2.38. The number of rotatable bonds is 13. The second kappa shape index (κ2) is 14.7. The molecular weight excluding hydrogens is 606 g/mol. The molecule has 9 heteroatoms. The number of aliphatic imine (C=N–C) groups is 1. The van der Waals surface area contributed by atoms with E-state index >= 15 is 0 Å². The summed E-state index contributed by atoms with van der Waals surface area (Å²) in [5.41, 5.74) is 5.17. The lowest BCUT2D eigenvalue weighted by molar-refractivity contribution is 0.0774. The Balaban J connectivity index is 0.989. The predicted octanol–water partition coefficient (Wildman–Crippen LogP) is 7.71. The van der Waals surface area contributed by atoms with Crippen LogP contribution in [0, 0.1) is 13.8 Å². The third-order valence-corrected chi connectivity index (χ3v) is 8.96. The van der Waals surface area contributed by atoms with Gasteiger partial charge < -0.3 is 23.8 Å². The number of amides is 1. The molecule has 0 radical (unpaired) electrons. The van der Waals surface area contributed by atoms with E-state index in [9.17, 15) is 9.59 Å². The minimum atomic E-state index is -0.0871. The number of benzene rings is 3. The summed E-state index contributed by atoms with van der Waals surface area (Å²) in [5, 5.41) is 0.981. The summed E-state index contributed by atoms with van der Waals surface area (Å²) in [5.74, 6) is 2.27. The molecular formula is C39H41N3O6. The molecule has 0 spiro atoms. The number of nitrogens with zero attached hydrogens (tertiary/aromatic N) is 3. The summed E-state index contributed by atoms with van der Waals surface area (Å²) < 4.78 is 23.2. The van der Waals surface area contributed by atoms with Gasteiger partial charge in [0.1, 0.15) is 0 Å². The van der Waals surface area contributed by atoms with Crippen molar-refractivity contribution in [2.75, 3.05) is 34.0 Å². The van der Waals surface area contributed by atoms with E-state index in [2.05, 4.69) is 9.98 Å². The number of ether oxygens (including phenoxy) is 4. The Labute approximate surface area is 281 Å². The molecule has 0 bridgehead atoms. The maximum atomic E-state index is 13.2. The van der Waals surface area contributed by atoms with Crippen LogP contribution < -0.4 is 18.9 Å². The number of carbonyl (C=O) groups excluding carboxylic acids is 2. The number of unbranched alkanes of at least 4 members (excludes halogenated alkanes) is 2. The zero-order valence-corrected chi connectivity index (χ0v) is 28.0. The number of hydrogen-bond donors (Lipinski definition) is 0. The lowest BCUT2D eigenvalue weighted by Gasteiger charge is -2.20. The normalized spacial score (nSPS) is 15.4. The smallest absolute Gasteiger partial charge is 0.256 e. The molecule has 2 aliphatic heterocycles. The summed E-state index contributed by atoms with van der Waals surface area (Å²) in [7, 11) is 3.18. The summed E-state index contributed by atoms with van der Waals surface area (Å²) in [6.45, 7) is 5.61. The molecule has 1 fully saturated rings. The van der Waals surface area contributed by atoms with E-state index in [1.807, 2.05) is 67.4 Å². The number of aromatic nitrogens is 1. The first kappa shape index (κ1) is 32.7. The number of fused-ring (bicyclic) bond motifs is 3. The predicted molar refractivity (Wildman–Crippen MR) is 188 cm³/mol. The summed E-state index contributed by atoms with van der Waals surface area (Å²) in [6.07, 6.45) is 9.73. The zero-order valence-electron chi connectivity index (χ0n) is 28.0. The van der Waals surface area contributed by atoms with Gasteiger partial charge in [0.05, 0.1) is 50.2 Å². The van der Waals surface area contributed by atoms with E-state index in [1.165, 1.54) is 0 Å². The van der Waals surface area contributed by atoms with Crippen LogP contribution in [0.15, 0.2) is 65.7 Å². The van der Waals surface area contributed by atoms with Gasteiger partial charge in [0.25, 0.3) is 5.91 Å². The number of ketones is 1. The Morgan fingerprint density at radius 3 is 2.46 bits per heavy atom. The minimum Gasteiger partial charge on any atom is -0.493 e. The maximum absolute atomic E-state index is 13.2. The van der Waals surface area contributed by atoms with Gasteiger partial charge in [0.2, 0.25) is 0 Å². The average Bonchev–Trinajstić information content (AvgIpc) is 3.53. The van der Waals surface area contributed by atoms with Gasteiger partial charge in [-0.25, -0.2) is 0 Å². The van der Waals surface area contributed by atoms with E-state index < -0.39 is 0 Å². The number of aryl methyl sites for hydroxylation is 2. The molecule has 0 N–H and O–H groups in total. The Morgan fingerprint density at radius 1 is 0.917 bits per heavy atom. The monoisotopic (exact) mass is 647 g/mol. The highest BCUT2D eigenvalue weighted by Gasteiger charge is 2.32. The quantitative estimate of drug-likeness (QED) is 0.0833. The van der Waals surface area contributed by atoms with Crippen molar-refractivity contribution in [1.29, 1.82) is 0 Å². The van der Waals surface area contributed by atoms with Crippen LogP contribution in [0.2, 0.25) is 0 Å². The zero-order chi connectivity index (χ0) is 33.6. The van der Waals surface area contributed by atoms with Crippen LogP contribution in [-0.2, 0) is 0 Å². The average molecular weight is 648 g/mol. The Kier molecular flexibility index (Phi) is 10.0. The van der Waals surface area contributed by atoms with Gasteiger partial charge in [0.15, 0.2) is 28.8 Å². The molecule has 2 aliphatic rings. The fraction of sp³-hybridized carbons (Fsp3) is 0.333. The van der Waals surface area contributed by atoms with Gasteiger partial charge in [-0.05, 0) is 87.4 Å². The van der Waals surface area contributed by atoms with Gasteiger partial charge >= 0.3 is 0 Å². The first-order chi connectivity index (χ1) is 23.4. The van der Waals surface area contributed by atoms with Crippen molar-refractivity contribution in [3.63, 3.8) is 0 Å². The number of methoxy groups -OCH3 is 2. The molecule has 48 heavy (non-hydrogen) atoms.